The lowest BCUT2D eigenvalue weighted by Crippen LogP contribution is -2.25. The highest BCUT2D eigenvalue weighted by molar-refractivity contribution is 6.32. The molecule has 1 N–H and O–H groups in total. The zero-order valence-electron chi connectivity index (χ0n) is 7.58. The van der Waals surface area contributed by atoms with Gasteiger partial charge in [0.15, 0.2) is 0 Å². The van der Waals surface area contributed by atoms with Crippen molar-refractivity contribution in [2.45, 2.75) is 31.5 Å². The first-order valence-electron chi connectivity index (χ1n) is 4.63. The van der Waals surface area contributed by atoms with E-state index in [1.54, 1.807) is 0 Å². The van der Waals surface area contributed by atoms with Crippen LogP contribution >= 0.6 is 11.6 Å². The van der Waals surface area contributed by atoms with Crippen LogP contribution in [0.25, 0.3) is 0 Å². The molecule has 0 saturated heterocycles. The zero-order valence-corrected chi connectivity index (χ0v) is 8.34. The summed E-state index contributed by atoms with van der Waals surface area (Å²) in [5.74, 6) is 0.524. The molecule has 1 aromatic rings. The van der Waals surface area contributed by atoms with Crippen LogP contribution in [-0.4, -0.2) is 22.2 Å². The lowest BCUT2D eigenvalue weighted by molar-refractivity contribution is 0.323. The van der Waals surface area contributed by atoms with Gasteiger partial charge in [-0.25, -0.2) is 14.4 Å². The van der Waals surface area contributed by atoms with Crippen LogP contribution in [0.15, 0.2) is 12.5 Å². The Hall–Kier alpha value is -0.900. The quantitative estimate of drug-likeness (QED) is 0.824. The maximum Gasteiger partial charge on any atom is 0.148 e. The van der Waals surface area contributed by atoms with Crippen LogP contribution in [0.1, 0.15) is 19.3 Å². The molecule has 76 valence electrons. The average Bonchev–Trinajstić information content (AvgIpc) is 2.56. The summed E-state index contributed by atoms with van der Waals surface area (Å²) in [6.07, 6.45) is 4.49. The normalized spacial score (nSPS) is 26.4. The minimum atomic E-state index is -0.791. The number of nitrogens with zero attached hydrogens (tertiary/aromatic N) is 2. The van der Waals surface area contributed by atoms with E-state index in [4.69, 9.17) is 11.6 Å². The van der Waals surface area contributed by atoms with Crippen molar-refractivity contribution in [1.82, 2.24) is 9.97 Å². The molecule has 0 bridgehead atoms. The van der Waals surface area contributed by atoms with Gasteiger partial charge in [-0.05, 0) is 19.3 Å². The minimum Gasteiger partial charge on any atom is -0.363 e. The predicted molar refractivity (Wildman–Crippen MR) is 53.2 cm³/mol. The molecule has 0 aromatic carbocycles. The zero-order chi connectivity index (χ0) is 9.97. The average molecular weight is 216 g/mol. The Morgan fingerprint density at radius 3 is 3.00 bits per heavy atom. The second-order valence-corrected chi connectivity index (χ2v) is 3.82. The fraction of sp³-hybridized carbons (Fsp3) is 0.556. The van der Waals surface area contributed by atoms with E-state index >= 15 is 0 Å². The Morgan fingerprint density at radius 2 is 2.36 bits per heavy atom. The molecule has 1 heterocycles. The first-order valence-corrected chi connectivity index (χ1v) is 5.01. The van der Waals surface area contributed by atoms with Crippen LogP contribution in [0.3, 0.4) is 0 Å². The van der Waals surface area contributed by atoms with E-state index in [-0.39, 0.29) is 6.04 Å². The van der Waals surface area contributed by atoms with Crippen molar-refractivity contribution in [3.8, 4) is 0 Å². The summed E-state index contributed by atoms with van der Waals surface area (Å²) in [7, 11) is 0. The summed E-state index contributed by atoms with van der Waals surface area (Å²) >= 11 is 5.84. The van der Waals surface area contributed by atoms with Gasteiger partial charge >= 0.3 is 0 Å². The first kappa shape index (κ1) is 9.65. The van der Waals surface area contributed by atoms with Gasteiger partial charge in [-0.1, -0.05) is 11.6 Å². The van der Waals surface area contributed by atoms with Crippen molar-refractivity contribution in [1.29, 1.82) is 0 Å². The van der Waals surface area contributed by atoms with Gasteiger partial charge in [0.1, 0.15) is 23.3 Å². The third-order valence-corrected chi connectivity index (χ3v) is 2.70. The topological polar surface area (TPSA) is 37.8 Å². The Bertz CT molecular complexity index is 321. The largest absolute Gasteiger partial charge is 0.363 e. The van der Waals surface area contributed by atoms with E-state index in [1.165, 1.54) is 12.5 Å². The highest BCUT2D eigenvalue weighted by Crippen LogP contribution is 2.26. The van der Waals surface area contributed by atoms with E-state index < -0.39 is 6.17 Å². The molecule has 0 amide bonds. The Morgan fingerprint density at radius 1 is 1.50 bits per heavy atom. The lowest BCUT2D eigenvalue weighted by atomic mass is 10.2. The Kier molecular flexibility index (Phi) is 2.82. The summed E-state index contributed by atoms with van der Waals surface area (Å²) < 4.78 is 13.3. The van der Waals surface area contributed by atoms with Crippen molar-refractivity contribution in [2.24, 2.45) is 0 Å². The summed E-state index contributed by atoms with van der Waals surface area (Å²) in [6.45, 7) is 0. The second kappa shape index (κ2) is 4.09. The van der Waals surface area contributed by atoms with E-state index in [9.17, 15) is 4.39 Å². The van der Waals surface area contributed by atoms with Gasteiger partial charge in [0.2, 0.25) is 0 Å². The summed E-state index contributed by atoms with van der Waals surface area (Å²) in [4.78, 5) is 7.72. The van der Waals surface area contributed by atoms with Gasteiger partial charge in [0.05, 0.1) is 12.2 Å². The predicted octanol–water partition coefficient (Wildman–Crippen LogP) is 2.43. The number of hydrogen-bond donors (Lipinski definition) is 1. The van der Waals surface area contributed by atoms with Crippen molar-refractivity contribution in [2.75, 3.05) is 5.32 Å². The fourth-order valence-electron chi connectivity index (χ4n) is 1.67. The SMILES string of the molecule is F[C@H]1CCC[C@H]1Nc1ncncc1Cl. The number of alkyl halides is 1. The molecule has 0 radical (unpaired) electrons. The maximum absolute atomic E-state index is 13.3. The van der Waals surface area contributed by atoms with Crippen LogP contribution in [0, 0.1) is 0 Å². The van der Waals surface area contributed by atoms with Gasteiger partial charge in [-0.3, -0.25) is 0 Å². The lowest BCUT2D eigenvalue weighted by Gasteiger charge is -2.15. The van der Waals surface area contributed by atoms with Crippen LogP contribution in [0.2, 0.25) is 5.02 Å². The summed E-state index contributed by atoms with van der Waals surface area (Å²) in [6, 6.07) is -0.151. The molecule has 0 unspecified atom stereocenters. The van der Waals surface area contributed by atoms with Gasteiger partial charge in [0.25, 0.3) is 0 Å². The molecular weight excluding hydrogens is 205 g/mol. The number of nitrogens with one attached hydrogen (secondary N) is 1. The van der Waals surface area contributed by atoms with Crippen LogP contribution in [0.5, 0.6) is 0 Å². The Balaban J connectivity index is 2.07. The molecule has 5 heteroatoms. The molecule has 2 rings (SSSR count). The number of aromatic nitrogens is 2. The number of halogens is 2. The fourth-order valence-corrected chi connectivity index (χ4v) is 1.83. The molecule has 1 fully saturated rings. The number of rotatable bonds is 2. The second-order valence-electron chi connectivity index (χ2n) is 3.42. The van der Waals surface area contributed by atoms with Crippen molar-refractivity contribution >= 4 is 17.4 Å². The third-order valence-electron chi connectivity index (χ3n) is 2.42. The third kappa shape index (κ3) is 1.95. The van der Waals surface area contributed by atoms with Crippen molar-refractivity contribution < 1.29 is 4.39 Å². The maximum atomic E-state index is 13.3. The van der Waals surface area contributed by atoms with E-state index in [2.05, 4.69) is 15.3 Å². The first-order chi connectivity index (χ1) is 6.77. The van der Waals surface area contributed by atoms with Crippen LogP contribution in [-0.2, 0) is 0 Å². The van der Waals surface area contributed by atoms with Crippen LogP contribution < -0.4 is 5.32 Å². The summed E-state index contributed by atoms with van der Waals surface area (Å²) in [5, 5.41) is 3.44. The molecule has 1 aromatic heterocycles. The summed E-state index contributed by atoms with van der Waals surface area (Å²) in [5.41, 5.74) is 0. The monoisotopic (exact) mass is 215 g/mol. The van der Waals surface area contributed by atoms with Crippen molar-refractivity contribution in [3.63, 3.8) is 0 Å². The van der Waals surface area contributed by atoms with Gasteiger partial charge in [-0.2, -0.15) is 0 Å². The van der Waals surface area contributed by atoms with Gasteiger partial charge < -0.3 is 5.32 Å². The van der Waals surface area contributed by atoms with E-state index in [0.717, 1.165) is 12.8 Å². The minimum absolute atomic E-state index is 0.151. The molecule has 14 heavy (non-hydrogen) atoms. The molecule has 1 saturated carbocycles. The number of hydrogen-bond acceptors (Lipinski definition) is 3. The Labute approximate surface area is 86.7 Å². The number of anilines is 1. The van der Waals surface area contributed by atoms with Gasteiger partial charge in [0, 0.05) is 0 Å². The molecule has 3 nitrogen and oxygen atoms in total. The molecular formula is C9H11ClFN3. The smallest absolute Gasteiger partial charge is 0.148 e. The van der Waals surface area contributed by atoms with Gasteiger partial charge in [-0.15, -0.1) is 0 Å². The highest BCUT2D eigenvalue weighted by atomic mass is 35.5. The molecule has 2 atom stereocenters. The standard InChI is InChI=1S/C9H11ClFN3/c10-6-4-12-5-13-9(6)14-8-3-1-2-7(8)11/h4-5,7-8H,1-3H2,(H,12,13,14)/t7-,8+/m0/s1. The molecule has 0 aliphatic heterocycles. The molecule has 1 aliphatic rings. The van der Waals surface area contributed by atoms with Crippen molar-refractivity contribution in [3.05, 3.63) is 17.5 Å². The van der Waals surface area contributed by atoms with E-state index in [0.29, 0.717) is 17.3 Å². The van der Waals surface area contributed by atoms with E-state index in [1.807, 2.05) is 0 Å². The molecule has 0 spiro atoms. The highest BCUT2D eigenvalue weighted by Gasteiger charge is 2.27. The molecule has 1 aliphatic carbocycles. The van der Waals surface area contributed by atoms with Crippen LogP contribution in [0.4, 0.5) is 10.2 Å².